The molecule has 0 spiro atoms. The van der Waals surface area contributed by atoms with Gasteiger partial charge in [-0.05, 0) is 29.0 Å². The summed E-state index contributed by atoms with van der Waals surface area (Å²) in [7, 11) is 2.13. The largest absolute Gasteiger partial charge is 0.456 e. The summed E-state index contributed by atoms with van der Waals surface area (Å²) in [5.74, 6) is 0. The molecule has 0 N–H and O–H groups in total. The van der Waals surface area contributed by atoms with Gasteiger partial charge in [-0.25, -0.2) is 0 Å². The fraction of sp³-hybridized carbons (Fsp3) is 0. The van der Waals surface area contributed by atoms with Crippen LogP contribution in [0.15, 0.2) is 59.0 Å². The van der Waals surface area contributed by atoms with E-state index in [0.29, 0.717) is 0 Å². The maximum absolute atomic E-state index is 5.94. The van der Waals surface area contributed by atoms with Crippen LogP contribution < -0.4 is 5.46 Å². The van der Waals surface area contributed by atoms with Crippen molar-refractivity contribution >= 4 is 46.0 Å². The highest BCUT2D eigenvalue weighted by atomic mass is 16.3. The van der Waals surface area contributed by atoms with Gasteiger partial charge in [0.1, 0.15) is 19.0 Å². The van der Waals surface area contributed by atoms with Crippen molar-refractivity contribution in [2.75, 3.05) is 0 Å². The van der Waals surface area contributed by atoms with Crippen LogP contribution in [0, 0.1) is 0 Å². The van der Waals surface area contributed by atoms with E-state index in [1.54, 1.807) is 0 Å². The Morgan fingerprint density at radius 2 is 1.56 bits per heavy atom. The van der Waals surface area contributed by atoms with Crippen LogP contribution in [0.2, 0.25) is 0 Å². The predicted molar refractivity (Wildman–Crippen MR) is 79.4 cm³/mol. The van der Waals surface area contributed by atoms with Gasteiger partial charge in [-0.1, -0.05) is 41.9 Å². The zero-order valence-electron chi connectivity index (χ0n) is 10.1. The average Bonchev–Trinajstić information content (AvgIpc) is 2.74. The Hall–Kier alpha value is -2.22. The van der Waals surface area contributed by atoms with E-state index in [-0.39, 0.29) is 0 Å². The molecule has 1 heterocycles. The number of benzene rings is 3. The summed E-state index contributed by atoms with van der Waals surface area (Å²) in [6, 6.07) is 19.0. The van der Waals surface area contributed by atoms with Gasteiger partial charge in [0, 0.05) is 10.8 Å². The molecule has 0 saturated carbocycles. The second-order valence-corrected chi connectivity index (χ2v) is 4.75. The molecule has 0 aliphatic rings. The minimum atomic E-state index is 0.970. The molecule has 84 valence electrons. The number of fused-ring (bicyclic) bond motifs is 4. The second-order valence-electron chi connectivity index (χ2n) is 4.75. The Labute approximate surface area is 105 Å². The maximum atomic E-state index is 5.94. The Kier molecular flexibility index (Phi) is 1.84. The molecular formula is C16H11BO. The van der Waals surface area contributed by atoms with Gasteiger partial charge < -0.3 is 4.42 Å². The van der Waals surface area contributed by atoms with Crippen LogP contribution in [0.4, 0.5) is 0 Å². The van der Waals surface area contributed by atoms with Crippen LogP contribution >= 0.6 is 0 Å². The Morgan fingerprint density at radius 3 is 2.39 bits per heavy atom. The lowest BCUT2D eigenvalue weighted by Crippen LogP contribution is -2.01. The van der Waals surface area contributed by atoms with Gasteiger partial charge in [0.2, 0.25) is 0 Å². The molecule has 18 heavy (non-hydrogen) atoms. The zero-order valence-corrected chi connectivity index (χ0v) is 10.1. The first-order chi connectivity index (χ1) is 8.83. The van der Waals surface area contributed by atoms with Crippen molar-refractivity contribution in [3.63, 3.8) is 0 Å². The van der Waals surface area contributed by atoms with E-state index in [0.717, 1.165) is 11.2 Å². The summed E-state index contributed by atoms with van der Waals surface area (Å²) >= 11 is 0. The quantitative estimate of drug-likeness (QED) is 0.423. The van der Waals surface area contributed by atoms with Crippen molar-refractivity contribution in [1.82, 2.24) is 0 Å². The van der Waals surface area contributed by atoms with Gasteiger partial charge in [0.05, 0.1) is 0 Å². The maximum Gasteiger partial charge on any atom is 0.140 e. The van der Waals surface area contributed by atoms with Gasteiger partial charge >= 0.3 is 0 Å². The van der Waals surface area contributed by atoms with Crippen LogP contribution in [0.1, 0.15) is 0 Å². The highest BCUT2D eigenvalue weighted by molar-refractivity contribution is 6.41. The lowest BCUT2D eigenvalue weighted by atomic mass is 9.91. The van der Waals surface area contributed by atoms with Crippen LogP contribution in [0.25, 0.3) is 32.7 Å². The first-order valence-electron chi connectivity index (χ1n) is 6.13. The van der Waals surface area contributed by atoms with E-state index < -0.39 is 0 Å². The number of hydrogen-bond donors (Lipinski definition) is 0. The van der Waals surface area contributed by atoms with Crippen molar-refractivity contribution in [1.29, 1.82) is 0 Å². The van der Waals surface area contributed by atoms with Crippen molar-refractivity contribution in [2.24, 2.45) is 0 Å². The summed E-state index contributed by atoms with van der Waals surface area (Å²) < 4.78 is 5.94. The molecule has 0 fully saturated rings. The smallest absolute Gasteiger partial charge is 0.140 e. The third kappa shape index (κ3) is 1.23. The molecule has 3 aromatic carbocycles. The standard InChI is InChI=1S/C16H11BO/c17-13-6-3-7-14-16(13)12-8-10-4-1-2-5-11(10)9-15(12)18-14/h1-9H,17H2. The molecule has 0 amide bonds. The normalized spacial score (nSPS) is 11.6. The highest BCUT2D eigenvalue weighted by Crippen LogP contribution is 2.30. The average molecular weight is 230 g/mol. The summed E-state index contributed by atoms with van der Waals surface area (Å²) in [5, 5.41) is 4.93. The first-order valence-corrected chi connectivity index (χ1v) is 6.13. The van der Waals surface area contributed by atoms with E-state index in [2.05, 4.69) is 50.3 Å². The summed E-state index contributed by atoms with van der Waals surface area (Å²) in [6.45, 7) is 0. The lowest BCUT2D eigenvalue weighted by molar-refractivity contribution is 0.669. The Bertz CT molecular complexity index is 889. The predicted octanol–water partition coefficient (Wildman–Crippen LogP) is 3.00. The molecule has 0 aliphatic carbocycles. The molecule has 4 rings (SSSR count). The first kappa shape index (κ1) is 9.78. The highest BCUT2D eigenvalue weighted by Gasteiger charge is 2.09. The van der Waals surface area contributed by atoms with Crippen molar-refractivity contribution in [3.8, 4) is 0 Å². The van der Waals surface area contributed by atoms with Crippen molar-refractivity contribution < 1.29 is 4.42 Å². The third-order valence-electron chi connectivity index (χ3n) is 3.57. The van der Waals surface area contributed by atoms with Gasteiger partial charge in [0.25, 0.3) is 0 Å². The number of furan rings is 1. The fourth-order valence-corrected chi connectivity index (χ4v) is 2.69. The molecule has 1 aromatic heterocycles. The molecule has 0 atom stereocenters. The van der Waals surface area contributed by atoms with Crippen molar-refractivity contribution in [2.45, 2.75) is 0 Å². The molecule has 1 nitrogen and oxygen atoms in total. The van der Waals surface area contributed by atoms with Gasteiger partial charge in [0.15, 0.2) is 0 Å². The SMILES string of the molecule is Bc1cccc2oc3cc4ccccc4cc3c12. The summed E-state index contributed by atoms with van der Waals surface area (Å²) in [4.78, 5) is 0. The number of rotatable bonds is 0. The van der Waals surface area contributed by atoms with E-state index >= 15 is 0 Å². The zero-order chi connectivity index (χ0) is 12.1. The minimum Gasteiger partial charge on any atom is -0.456 e. The molecule has 0 radical (unpaired) electrons. The van der Waals surface area contributed by atoms with Crippen LogP contribution in [0.5, 0.6) is 0 Å². The van der Waals surface area contributed by atoms with Gasteiger partial charge in [-0.3, -0.25) is 0 Å². The molecule has 2 heteroatoms. The molecule has 0 aliphatic heterocycles. The molecule has 0 saturated heterocycles. The van der Waals surface area contributed by atoms with Gasteiger partial charge in [-0.2, -0.15) is 0 Å². The fourth-order valence-electron chi connectivity index (χ4n) is 2.69. The van der Waals surface area contributed by atoms with E-state index in [4.69, 9.17) is 4.42 Å². The summed E-state index contributed by atoms with van der Waals surface area (Å²) in [5.41, 5.74) is 3.21. The van der Waals surface area contributed by atoms with Crippen LogP contribution in [-0.4, -0.2) is 7.85 Å². The lowest BCUT2D eigenvalue weighted by Gasteiger charge is -1.98. The molecule has 0 bridgehead atoms. The monoisotopic (exact) mass is 230 g/mol. The topological polar surface area (TPSA) is 13.1 Å². The van der Waals surface area contributed by atoms with E-state index in [9.17, 15) is 0 Å². The Balaban J connectivity index is 2.29. The number of hydrogen-bond acceptors (Lipinski definition) is 1. The van der Waals surface area contributed by atoms with Crippen LogP contribution in [0.3, 0.4) is 0 Å². The van der Waals surface area contributed by atoms with E-state index in [1.807, 2.05) is 12.1 Å². The minimum absolute atomic E-state index is 0.970. The molecular weight excluding hydrogens is 219 g/mol. The Morgan fingerprint density at radius 1 is 0.778 bits per heavy atom. The van der Waals surface area contributed by atoms with Gasteiger partial charge in [-0.15, -0.1) is 0 Å². The van der Waals surface area contributed by atoms with Crippen LogP contribution in [-0.2, 0) is 0 Å². The molecule has 0 unspecified atom stereocenters. The second kappa shape index (κ2) is 3.39. The summed E-state index contributed by atoms with van der Waals surface area (Å²) in [6.07, 6.45) is 0. The molecule has 4 aromatic rings. The van der Waals surface area contributed by atoms with Crippen molar-refractivity contribution in [3.05, 3.63) is 54.6 Å². The third-order valence-corrected chi connectivity index (χ3v) is 3.57. The van der Waals surface area contributed by atoms with E-state index in [1.165, 1.54) is 27.0 Å².